The number of aryl methyl sites for hydroxylation is 1. The van der Waals surface area contributed by atoms with E-state index >= 15 is 0 Å². The van der Waals surface area contributed by atoms with E-state index in [-0.39, 0.29) is 11.9 Å². The van der Waals surface area contributed by atoms with Crippen LogP contribution in [-0.2, 0) is 0 Å². The van der Waals surface area contributed by atoms with Crippen molar-refractivity contribution in [1.82, 2.24) is 10.1 Å². The fourth-order valence-electron chi connectivity index (χ4n) is 4.54. The van der Waals surface area contributed by atoms with Gasteiger partial charge in [-0.2, -0.15) is 0 Å². The Balaban J connectivity index is 1.47. The van der Waals surface area contributed by atoms with E-state index in [1.807, 2.05) is 30.0 Å². The Morgan fingerprint density at radius 3 is 2.52 bits per heavy atom. The molecule has 0 unspecified atom stereocenters. The van der Waals surface area contributed by atoms with Gasteiger partial charge >= 0.3 is 0 Å². The SMILES string of the molecule is Cc1cc([C@H]2CCCN2C(=O)c2ccc(N(C)C3CCCCC3)cc2)no1. The van der Waals surface area contributed by atoms with Crippen molar-refractivity contribution in [2.45, 2.75) is 64.0 Å². The van der Waals surface area contributed by atoms with Gasteiger partial charge in [-0.05, 0) is 56.9 Å². The third kappa shape index (κ3) is 3.73. The van der Waals surface area contributed by atoms with Crippen molar-refractivity contribution in [1.29, 1.82) is 0 Å². The number of likely N-dealkylation sites (tertiary alicyclic amines) is 1. The van der Waals surface area contributed by atoms with Crippen LogP contribution < -0.4 is 4.90 Å². The Hall–Kier alpha value is -2.30. The minimum atomic E-state index is 0.0274. The lowest BCUT2D eigenvalue weighted by atomic mass is 9.94. The summed E-state index contributed by atoms with van der Waals surface area (Å²) in [4.78, 5) is 17.4. The summed E-state index contributed by atoms with van der Waals surface area (Å²) in [6.45, 7) is 2.66. The van der Waals surface area contributed by atoms with Gasteiger partial charge in [-0.3, -0.25) is 4.79 Å². The number of amides is 1. The minimum absolute atomic E-state index is 0.0274. The van der Waals surface area contributed by atoms with Crippen LogP contribution in [0.1, 0.15) is 72.8 Å². The summed E-state index contributed by atoms with van der Waals surface area (Å²) < 4.78 is 5.22. The molecule has 27 heavy (non-hydrogen) atoms. The van der Waals surface area contributed by atoms with Gasteiger partial charge in [0.2, 0.25) is 0 Å². The van der Waals surface area contributed by atoms with Crippen molar-refractivity contribution < 1.29 is 9.32 Å². The van der Waals surface area contributed by atoms with E-state index in [0.717, 1.165) is 36.4 Å². The number of hydrogen-bond donors (Lipinski definition) is 0. The predicted octanol–water partition coefficient (Wildman–Crippen LogP) is 4.73. The molecule has 4 rings (SSSR count). The fraction of sp³-hybridized carbons (Fsp3) is 0.545. The van der Waals surface area contributed by atoms with E-state index < -0.39 is 0 Å². The zero-order chi connectivity index (χ0) is 18.8. The number of carbonyl (C=O) groups is 1. The largest absolute Gasteiger partial charge is 0.372 e. The second-order valence-corrected chi connectivity index (χ2v) is 7.97. The number of carbonyl (C=O) groups excluding carboxylic acids is 1. The molecule has 1 aromatic heterocycles. The van der Waals surface area contributed by atoms with E-state index in [1.165, 1.54) is 37.8 Å². The standard InChI is InChI=1S/C22H29N3O2/c1-16-15-20(23-27-16)21-9-6-14-25(21)22(26)17-10-12-19(13-11-17)24(2)18-7-4-3-5-8-18/h10-13,15,18,21H,3-9,14H2,1-2H3/t21-/m1/s1. The maximum Gasteiger partial charge on any atom is 0.254 e. The Morgan fingerprint density at radius 1 is 1.11 bits per heavy atom. The van der Waals surface area contributed by atoms with Crippen molar-refractivity contribution >= 4 is 11.6 Å². The summed E-state index contributed by atoms with van der Waals surface area (Å²) in [5, 5.41) is 4.14. The van der Waals surface area contributed by atoms with Crippen LogP contribution in [0.25, 0.3) is 0 Å². The molecule has 2 heterocycles. The molecule has 2 aromatic rings. The topological polar surface area (TPSA) is 49.6 Å². The zero-order valence-corrected chi connectivity index (χ0v) is 16.4. The molecule has 1 saturated carbocycles. The average molecular weight is 367 g/mol. The van der Waals surface area contributed by atoms with Crippen LogP contribution in [0.2, 0.25) is 0 Å². The van der Waals surface area contributed by atoms with E-state index in [4.69, 9.17) is 4.52 Å². The van der Waals surface area contributed by atoms with Crippen molar-refractivity contribution in [3.05, 3.63) is 47.3 Å². The Bertz CT molecular complexity index is 777. The Kier molecular flexibility index (Phi) is 5.19. The molecule has 2 fully saturated rings. The average Bonchev–Trinajstić information content (AvgIpc) is 3.36. The summed E-state index contributed by atoms with van der Waals surface area (Å²) in [6.07, 6.45) is 8.49. The van der Waals surface area contributed by atoms with Gasteiger partial charge in [-0.25, -0.2) is 0 Å². The first-order chi connectivity index (χ1) is 13.1. The summed E-state index contributed by atoms with van der Waals surface area (Å²) >= 11 is 0. The van der Waals surface area contributed by atoms with Gasteiger partial charge in [-0.15, -0.1) is 0 Å². The summed E-state index contributed by atoms with van der Waals surface area (Å²) in [6, 6.07) is 10.7. The van der Waals surface area contributed by atoms with E-state index in [2.05, 4.69) is 29.2 Å². The Morgan fingerprint density at radius 2 is 1.85 bits per heavy atom. The van der Waals surface area contributed by atoms with Gasteiger partial charge in [-0.1, -0.05) is 24.4 Å². The Labute approximate surface area is 161 Å². The first-order valence-electron chi connectivity index (χ1n) is 10.2. The van der Waals surface area contributed by atoms with Crippen molar-refractivity contribution in [3.63, 3.8) is 0 Å². The number of rotatable bonds is 4. The maximum atomic E-state index is 13.1. The van der Waals surface area contributed by atoms with Gasteiger partial charge < -0.3 is 14.3 Å². The van der Waals surface area contributed by atoms with Crippen molar-refractivity contribution in [3.8, 4) is 0 Å². The first-order valence-corrected chi connectivity index (χ1v) is 10.2. The fourth-order valence-corrected chi connectivity index (χ4v) is 4.54. The minimum Gasteiger partial charge on any atom is -0.372 e. The molecule has 1 atom stereocenters. The molecular weight excluding hydrogens is 338 g/mol. The molecule has 0 spiro atoms. The number of anilines is 1. The van der Waals surface area contributed by atoms with Gasteiger partial charge in [0.25, 0.3) is 5.91 Å². The van der Waals surface area contributed by atoms with E-state index in [0.29, 0.717) is 6.04 Å². The number of aromatic nitrogens is 1. The van der Waals surface area contributed by atoms with Crippen LogP contribution >= 0.6 is 0 Å². The zero-order valence-electron chi connectivity index (χ0n) is 16.4. The molecule has 0 radical (unpaired) electrons. The lowest BCUT2D eigenvalue weighted by molar-refractivity contribution is 0.0731. The lowest BCUT2D eigenvalue weighted by Gasteiger charge is -2.33. The molecule has 144 valence electrons. The molecule has 2 aliphatic rings. The normalized spacial score (nSPS) is 20.8. The lowest BCUT2D eigenvalue weighted by Crippen LogP contribution is -2.33. The molecule has 1 aliphatic carbocycles. The molecule has 1 aliphatic heterocycles. The molecule has 0 bridgehead atoms. The highest BCUT2D eigenvalue weighted by atomic mass is 16.5. The molecule has 0 N–H and O–H groups in total. The second-order valence-electron chi connectivity index (χ2n) is 7.97. The maximum absolute atomic E-state index is 13.1. The van der Waals surface area contributed by atoms with Crippen LogP contribution in [0.15, 0.2) is 34.9 Å². The summed E-state index contributed by atoms with van der Waals surface area (Å²) in [5.74, 6) is 0.879. The molecule has 5 nitrogen and oxygen atoms in total. The van der Waals surface area contributed by atoms with Gasteiger partial charge in [0.1, 0.15) is 11.5 Å². The van der Waals surface area contributed by atoms with Crippen molar-refractivity contribution in [2.75, 3.05) is 18.5 Å². The highest BCUT2D eigenvalue weighted by Crippen LogP contribution is 2.33. The van der Waals surface area contributed by atoms with Gasteiger partial charge in [0.05, 0.1) is 6.04 Å². The molecule has 1 amide bonds. The number of nitrogens with zero attached hydrogens (tertiary/aromatic N) is 3. The van der Waals surface area contributed by atoms with Gasteiger partial charge in [0, 0.05) is 37.0 Å². The highest BCUT2D eigenvalue weighted by molar-refractivity contribution is 5.95. The van der Waals surface area contributed by atoms with Crippen LogP contribution in [0, 0.1) is 6.92 Å². The van der Waals surface area contributed by atoms with E-state index in [1.54, 1.807) is 0 Å². The second kappa shape index (κ2) is 7.75. The predicted molar refractivity (Wildman–Crippen MR) is 106 cm³/mol. The molecule has 1 aromatic carbocycles. The van der Waals surface area contributed by atoms with Crippen LogP contribution in [0.4, 0.5) is 5.69 Å². The highest BCUT2D eigenvalue weighted by Gasteiger charge is 2.32. The number of hydrogen-bond acceptors (Lipinski definition) is 4. The third-order valence-electron chi connectivity index (χ3n) is 6.15. The van der Waals surface area contributed by atoms with E-state index in [9.17, 15) is 4.79 Å². The van der Waals surface area contributed by atoms with Gasteiger partial charge in [0.15, 0.2) is 0 Å². The summed E-state index contributed by atoms with van der Waals surface area (Å²) in [5.41, 5.74) is 2.82. The van der Waals surface area contributed by atoms with Crippen LogP contribution in [-0.4, -0.2) is 35.6 Å². The monoisotopic (exact) mass is 367 g/mol. The molecule has 1 saturated heterocycles. The quantitative estimate of drug-likeness (QED) is 0.784. The van der Waals surface area contributed by atoms with Crippen LogP contribution in [0.3, 0.4) is 0 Å². The number of benzene rings is 1. The first kappa shape index (κ1) is 18.1. The molecule has 5 heteroatoms. The smallest absolute Gasteiger partial charge is 0.254 e. The third-order valence-corrected chi connectivity index (χ3v) is 6.15. The van der Waals surface area contributed by atoms with Crippen LogP contribution in [0.5, 0.6) is 0 Å². The summed E-state index contributed by atoms with van der Waals surface area (Å²) in [7, 11) is 2.18. The van der Waals surface area contributed by atoms with Crippen molar-refractivity contribution in [2.24, 2.45) is 0 Å². The molecular formula is C22H29N3O2.